The molecule has 0 unspecified atom stereocenters. The van der Waals surface area contributed by atoms with Gasteiger partial charge in [0.2, 0.25) is 0 Å². The average Bonchev–Trinajstić information content (AvgIpc) is 2.43. The Morgan fingerprint density at radius 3 is 2.24 bits per heavy atom. The normalized spacial score (nSPS) is 11.2. The third-order valence-electron chi connectivity index (χ3n) is 3.50. The summed E-state index contributed by atoms with van der Waals surface area (Å²) in [7, 11) is 0. The highest BCUT2D eigenvalue weighted by Gasteiger charge is 2.59. The van der Waals surface area contributed by atoms with Crippen molar-refractivity contribution in [3.05, 3.63) is 55.1 Å². The molecule has 7 nitrogen and oxygen atoms in total. The minimum atomic E-state index is -2.85. The molecule has 0 atom stereocenters. The predicted molar refractivity (Wildman–Crippen MR) is 76.5 cm³/mol. The summed E-state index contributed by atoms with van der Waals surface area (Å²) in [4.78, 5) is 31.8. The van der Waals surface area contributed by atoms with Crippen molar-refractivity contribution in [3.8, 4) is 0 Å². The number of hydrogen-bond acceptors (Lipinski definition) is 5. The largest absolute Gasteiger partial charge is 0.517 e. The molecule has 0 aliphatic rings. The summed E-state index contributed by atoms with van der Waals surface area (Å²) in [5, 5.41) is 21.9. The second-order valence-electron chi connectivity index (χ2n) is 5.12. The van der Waals surface area contributed by atoms with E-state index in [1.54, 1.807) is 19.1 Å². The van der Waals surface area contributed by atoms with E-state index in [0.717, 1.165) is 31.7 Å². The molecule has 7 heteroatoms. The van der Waals surface area contributed by atoms with E-state index in [9.17, 15) is 25.0 Å². The molecular weight excluding hydrogens is 276 g/mol. The van der Waals surface area contributed by atoms with Crippen molar-refractivity contribution in [2.45, 2.75) is 45.7 Å². The summed E-state index contributed by atoms with van der Waals surface area (Å²) in [6, 6.07) is 4.88. The van der Waals surface area contributed by atoms with E-state index < -0.39 is 21.3 Å². The fourth-order valence-corrected chi connectivity index (χ4v) is 2.00. The Bertz CT molecular complexity index is 569. The van der Waals surface area contributed by atoms with E-state index in [2.05, 4.69) is 6.92 Å². The topological polar surface area (TPSA) is 103 Å². The summed E-state index contributed by atoms with van der Waals surface area (Å²) < 4.78 is 0. The molecule has 0 heterocycles. The van der Waals surface area contributed by atoms with Gasteiger partial charge < -0.3 is 0 Å². The quantitative estimate of drug-likeness (QED) is 0.333. The molecular formula is C14H18N2O5. The van der Waals surface area contributed by atoms with Crippen LogP contribution in [0.2, 0.25) is 0 Å². The number of benzene rings is 1. The Balaban J connectivity index is 3.18. The number of aryl methyl sites for hydroxylation is 2. The predicted octanol–water partition coefficient (Wildman–Crippen LogP) is 2.79. The second kappa shape index (κ2) is 6.43. The van der Waals surface area contributed by atoms with E-state index in [4.69, 9.17) is 0 Å². The minimum absolute atomic E-state index is 0.0196. The molecule has 0 amide bonds. The van der Waals surface area contributed by atoms with E-state index in [1.807, 2.05) is 0 Å². The lowest BCUT2D eigenvalue weighted by Crippen LogP contribution is -2.50. The molecule has 0 aliphatic carbocycles. The maximum absolute atomic E-state index is 12.2. The maximum Gasteiger partial charge on any atom is 0.517 e. The van der Waals surface area contributed by atoms with Crippen molar-refractivity contribution in [3.63, 3.8) is 0 Å². The fraction of sp³-hybridized carbons (Fsp3) is 0.500. The smallest absolute Gasteiger partial charge is 0.277 e. The summed E-state index contributed by atoms with van der Waals surface area (Å²) in [6.07, 6.45) is 2.86. The van der Waals surface area contributed by atoms with Crippen molar-refractivity contribution in [2.75, 3.05) is 0 Å². The van der Waals surface area contributed by atoms with Gasteiger partial charge in [0.1, 0.15) is 9.85 Å². The molecule has 1 aromatic rings. The first kappa shape index (κ1) is 16.7. The lowest BCUT2D eigenvalue weighted by atomic mass is 9.94. The number of carbonyl (C=O) groups excluding carboxylic acids is 1. The zero-order chi connectivity index (χ0) is 16.2. The first-order valence-corrected chi connectivity index (χ1v) is 6.68. The molecule has 0 fully saturated rings. The Kier molecular flexibility index (Phi) is 5.12. The van der Waals surface area contributed by atoms with Gasteiger partial charge in [0.05, 0.1) is 6.92 Å². The van der Waals surface area contributed by atoms with Crippen LogP contribution in [0.25, 0.3) is 0 Å². The first-order chi connectivity index (χ1) is 9.75. The average molecular weight is 294 g/mol. The van der Waals surface area contributed by atoms with Crippen LogP contribution in [0, 0.1) is 27.2 Å². The van der Waals surface area contributed by atoms with Crippen molar-refractivity contribution in [1.29, 1.82) is 0 Å². The highest BCUT2D eigenvalue weighted by atomic mass is 16.7. The lowest BCUT2D eigenvalue weighted by molar-refractivity contribution is -0.769. The Morgan fingerprint density at radius 1 is 1.24 bits per heavy atom. The number of nitrogens with zero attached hydrogens (tertiary/aromatic N) is 2. The molecule has 21 heavy (non-hydrogen) atoms. The second-order valence-corrected chi connectivity index (χ2v) is 5.12. The molecule has 0 spiro atoms. The molecule has 114 valence electrons. The molecule has 0 saturated carbocycles. The lowest BCUT2D eigenvalue weighted by Gasteiger charge is -2.13. The van der Waals surface area contributed by atoms with Gasteiger partial charge in [0, 0.05) is 5.56 Å². The van der Waals surface area contributed by atoms with Gasteiger partial charge in [-0.15, -0.1) is 0 Å². The van der Waals surface area contributed by atoms with Gasteiger partial charge in [-0.25, -0.2) is 0 Å². The standard InChI is InChI=1S/C14H18N2O5/c1-4-5-6-11-7-8-12(10(2)9-11)13(17)14(3,15(18)19)16(20)21/h7-9H,4-6H2,1-3H3. The van der Waals surface area contributed by atoms with Gasteiger partial charge in [0.25, 0.3) is 0 Å². The van der Waals surface area contributed by atoms with Gasteiger partial charge in [-0.3, -0.25) is 25.0 Å². The van der Waals surface area contributed by atoms with Gasteiger partial charge in [-0.05, 0) is 30.9 Å². The third kappa shape index (κ3) is 3.24. The molecule has 0 saturated heterocycles. The van der Waals surface area contributed by atoms with Crippen LogP contribution in [0.1, 0.15) is 48.2 Å². The van der Waals surface area contributed by atoms with E-state index >= 15 is 0 Å². The summed E-state index contributed by atoms with van der Waals surface area (Å²) in [5.74, 6) is -1.10. The first-order valence-electron chi connectivity index (χ1n) is 6.68. The van der Waals surface area contributed by atoms with Gasteiger partial charge >= 0.3 is 11.4 Å². The Morgan fingerprint density at radius 2 is 1.81 bits per heavy atom. The number of rotatable bonds is 7. The van der Waals surface area contributed by atoms with Crippen LogP contribution in [0.4, 0.5) is 0 Å². The molecule has 0 bridgehead atoms. The van der Waals surface area contributed by atoms with E-state index in [1.165, 1.54) is 6.07 Å². The van der Waals surface area contributed by atoms with Gasteiger partial charge in [0.15, 0.2) is 0 Å². The number of unbranched alkanes of at least 4 members (excludes halogenated alkanes) is 1. The van der Waals surface area contributed by atoms with Crippen LogP contribution < -0.4 is 0 Å². The van der Waals surface area contributed by atoms with Crippen LogP contribution in [-0.2, 0) is 6.42 Å². The van der Waals surface area contributed by atoms with E-state index in [0.29, 0.717) is 5.56 Å². The summed E-state index contributed by atoms with van der Waals surface area (Å²) in [5.41, 5.74) is -1.31. The zero-order valence-electron chi connectivity index (χ0n) is 12.3. The SMILES string of the molecule is CCCCc1ccc(C(=O)C(C)([N+](=O)[O-])[N+](=O)[O-])c(C)c1. The number of ketones is 1. The number of hydrogen-bond donors (Lipinski definition) is 0. The van der Waals surface area contributed by atoms with Gasteiger partial charge in [-0.2, -0.15) is 0 Å². The van der Waals surface area contributed by atoms with E-state index in [-0.39, 0.29) is 5.56 Å². The highest BCUT2D eigenvalue weighted by molar-refractivity contribution is 6.02. The van der Waals surface area contributed by atoms with Crippen molar-refractivity contribution in [2.24, 2.45) is 0 Å². The maximum atomic E-state index is 12.2. The van der Waals surface area contributed by atoms with Gasteiger partial charge in [-0.1, -0.05) is 31.5 Å². The minimum Gasteiger partial charge on any atom is -0.277 e. The highest BCUT2D eigenvalue weighted by Crippen LogP contribution is 2.22. The van der Waals surface area contributed by atoms with Crippen molar-refractivity contribution < 1.29 is 14.6 Å². The van der Waals surface area contributed by atoms with Crippen LogP contribution in [0.5, 0.6) is 0 Å². The number of Topliss-reactive ketones (excluding diaryl/α,β-unsaturated/α-hetero) is 1. The third-order valence-corrected chi connectivity index (χ3v) is 3.50. The van der Waals surface area contributed by atoms with Crippen LogP contribution in [-0.4, -0.2) is 21.3 Å². The van der Waals surface area contributed by atoms with Crippen LogP contribution in [0.3, 0.4) is 0 Å². The number of carbonyl (C=O) groups is 1. The Labute approximate surface area is 122 Å². The van der Waals surface area contributed by atoms with Crippen molar-refractivity contribution >= 4 is 5.78 Å². The molecule has 0 aliphatic heterocycles. The molecule has 0 radical (unpaired) electrons. The zero-order valence-corrected chi connectivity index (χ0v) is 12.3. The summed E-state index contributed by atoms with van der Waals surface area (Å²) in [6.45, 7) is 4.41. The summed E-state index contributed by atoms with van der Waals surface area (Å²) >= 11 is 0. The molecule has 1 rings (SSSR count). The van der Waals surface area contributed by atoms with Crippen LogP contribution >= 0.6 is 0 Å². The fourth-order valence-electron chi connectivity index (χ4n) is 2.00. The molecule has 1 aromatic carbocycles. The Hall–Kier alpha value is -2.31. The van der Waals surface area contributed by atoms with Crippen molar-refractivity contribution in [1.82, 2.24) is 0 Å². The number of nitro groups is 2. The molecule has 0 N–H and O–H groups in total. The monoisotopic (exact) mass is 294 g/mol. The molecule has 0 aromatic heterocycles. The van der Waals surface area contributed by atoms with Crippen LogP contribution in [0.15, 0.2) is 18.2 Å².